The smallest absolute Gasteiger partial charge is 0.306 e. The molecule has 1 aliphatic heterocycles. The van der Waals surface area contributed by atoms with Gasteiger partial charge in [0.1, 0.15) is 0 Å². The van der Waals surface area contributed by atoms with Crippen LogP contribution in [0.15, 0.2) is 24.3 Å². The van der Waals surface area contributed by atoms with E-state index in [1.807, 2.05) is 24.3 Å². The number of piperidine rings is 1. The molecule has 1 aliphatic carbocycles. The zero-order valence-corrected chi connectivity index (χ0v) is 15.5. The number of hydrogen-bond donors (Lipinski definition) is 2. The van der Waals surface area contributed by atoms with Crippen LogP contribution in [0, 0.1) is 11.3 Å². The molecule has 6 heteroatoms. The largest absolute Gasteiger partial charge is 0.469 e. The number of amides is 1. The molecule has 1 aromatic rings. The highest BCUT2D eigenvalue weighted by molar-refractivity contribution is 7.98. The van der Waals surface area contributed by atoms with Gasteiger partial charge >= 0.3 is 5.97 Å². The molecule has 1 atom stereocenters. The Balaban J connectivity index is 1.47. The van der Waals surface area contributed by atoms with E-state index in [2.05, 4.69) is 15.4 Å². The Morgan fingerprint density at radius 3 is 2.92 bits per heavy atom. The van der Waals surface area contributed by atoms with E-state index in [0.29, 0.717) is 6.42 Å². The second-order valence-corrected chi connectivity index (χ2v) is 8.04. The highest BCUT2D eigenvalue weighted by Crippen LogP contribution is 2.58. The highest BCUT2D eigenvalue weighted by Gasteiger charge is 2.57. The van der Waals surface area contributed by atoms with Crippen LogP contribution < -0.4 is 10.6 Å². The van der Waals surface area contributed by atoms with E-state index >= 15 is 0 Å². The molecule has 1 spiro atoms. The lowest BCUT2D eigenvalue weighted by Gasteiger charge is -2.23. The van der Waals surface area contributed by atoms with E-state index in [9.17, 15) is 9.59 Å². The average Bonchev–Trinajstić information content (AvgIpc) is 3.32. The van der Waals surface area contributed by atoms with Crippen molar-refractivity contribution >= 4 is 29.3 Å². The van der Waals surface area contributed by atoms with Crippen LogP contribution in [0.4, 0.5) is 5.69 Å². The molecule has 2 N–H and O–H groups in total. The first-order chi connectivity index (χ1) is 12.1. The van der Waals surface area contributed by atoms with Crippen LogP contribution in [0.5, 0.6) is 0 Å². The zero-order valence-electron chi connectivity index (χ0n) is 14.7. The Kier molecular flexibility index (Phi) is 6.02. The zero-order chi connectivity index (χ0) is 17.7. The number of rotatable bonds is 7. The summed E-state index contributed by atoms with van der Waals surface area (Å²) in [5.74, 6) is 1.72. The van der Waals surface area contributed by atoms with Crippen molar-refractivity contribution in [1.82, 2.24) is 5.32 Å². The Hall–Kier alpha value is -1.53. The summed E-state index contributed by atoms with van der Waals surface area (Å²) in [6.07, 6.45) is 3.68. The van der Waals surface area contributed by atoms with Crippen LogP contribution in [0.25, 0.3) is 0 Å². The van der Waals surface area contributed by atoms with Crippen LogP contribution in [0.3, 0.4) is 0 Å². The first-order valence-corrected chi connectivity index (χ1v) is 10.0. The summed E-state index contributed by atoms with van der Waals surface area (Å²) in [6.45, 7) is 2.06. The van der Waals surface area contributed by atoms with E-state index in [4.69, 9.17) is 0 Å². The van der Waals surface area contributed by atoms with Gasteiger partial charge in [-0.3, -0.25) is 9.59 Å². The summed E-state index contributed by atoms with van der Waals surface area (Å²) in [4.78, 5) is 23.6. The maximum Gasteiger partial charge on any atom is 0.306 e. The maximum atomic E-state index is 12.5. The number of esters is 1. The number of anilines is 1. The van der Waals surface area contributed by atoms with Gasteiger partial charge in [-0.25, -0.2) is 0 Å². The summed E-state index contributed by atoms with van der Waals surface area (Å²) in [6, 6.07) is 7.99. The van der Waals surface area contributed by atoms with Crippen molar-refractivity contribution in [2.45, 2.75) is 31.4 Å². The molecular formula is C19H26N2O3S. The van der Waals surface area contributed by atoms with Crippen LogP contribution in [-0.2, 0) is 20.1 Å². The van der Waals surface area contributed by atoms with Gasteiger partial charge in [0.2, 0.25) is 5.91 Å². The number of nitrogens with one attached hydrogen (secondary N) is 2. The lowest BCUT2D eigenvalue weighted by atomic mass is 9.92. The first-order valence-electron chi connectivity index (χ1n) is 8.88. The number of methoxy groups -OCH3 is 1. The molecular weight excluding hydrogens is 336 g/mol. The van der Waals surface area contributed by atoms with E-state index < -0.39 is 0 Å². The fourth-order valence-electron chi connectivity index (χ4n) is 3.61. The summed E-state index contributed by atoms with van der Waals surface area (Å²) < 4.78 is 4.64. The number of benzene rings is 1. The molecule has 3 rings (SSSR count). The summed E-state index contributed by atoms with van der Waals surface area (Å²) in [5.41, 5.74) is 2.28. The average molecular weight is 362 g/mol. The second kappa shape index (κ2) is 8.23. The molecule has 1 unspecified atom stereocenters. The highest BCUT2D eigenvalue weighted by atomic mass is 32.2. The van der Waals surface area contributed by atoms with E-state index in [1.54, 1.807) is 11.8 Å². The van der Waals surface area contributed by atoms with Gasteiger partial charge in [-0.1, -0.05) is 12.1 Å². The van der Waals surface area contributed by atoms with Crippen molar-refractivity contribution in [1.29, 1.82) is 0 Å². The summed E-state index contributed by atoms with van der Waals surface area (Å²) in [7, 11) is 1.41. The molecule has 1 saturated carbocycles. The topological polar surface area (TPSA) is 67.4 Å². The Bertz CT molecular complexity index is 629. The SMILES string of the molecule is COC(=O)CCSCc1cccc(NC(=O)C2CC23CCNCC3)c1. The van der Waals surface area contributed by atoms with E-state index in [-0.39, 0.29) is 23.2 Å². The number of carbonyl (C=O) groups excluding carboxylic acids is 2. The van der Waals surface area contributed by atoms with Gasteiger partial charge in [-0.15, -0.1) is 0 Å². The molecule has 25 heavy (non-hydrogen) atoms. The van der Waals surface area contributed by atoms with Crippen LogP contribution in [0.2, 0.25) is 0 Å². The van der Waals surface area contributed by atoms with Crippen LogP contribution in [0.1, 0.15) is 31.2 Å². The second-order valence-electron chi connectivity index (χ2n) is 6.94. The standard InChI is InChI=1S/C19H26N2O3S/c1-24-17(22)5-10-25-13-14-3-2-4-15(11-14)21-18(23)16-12-19(16)6-8-20-9-7-19/h2-4,11,16,20H,5-10,12-13H2,1H3,(H,21,23). The molecule has 136 valence electrons. The third-order valence-electron chi connectivity index (χ3n) is 5.25. The molecule has 2 fully saturated rings. The van der Waals surface area contributed by atoms with E-state index in [1.165, 1.54) is 7.11 Å². The summed E-state index contributed by atoms with van der Waals surface area (Å²) >= 11 is 1.69. The fourth-order valence-corrected chi connectivity index (χ4v) is 4.48. The first kappa shape index (κ1) is 18.3. The molecule has 5 nitrogen and oxygen atoms in total. The molecule has 0 radical (unpaired) electrons. The van der Waals surface area contributed by atoms with Gasteiger partial charge in [-0.2, -0.15) is 11.8 Å². The third-order valence-corrected chi connectivity index (χ3v) is 6.28. The minimum atomic E-state index is -0.176. The third kappa shape index (κ3) is 4.76. The van der Waals surface area contributed by atoms with Crippen molar-refractivity contribution in [3.8, 4) is 0 Å². The number of ether oxygens (including phenoxy) is 1. The van der Waals surface area contributed by atoms with Gasteiger partial charge in [0.05, 0.1) is 13.5 Å². The Morgan fingerprint density at radius 2 is 2.16 bits per heavy atom. The monoisotopic (exact) mass is 362 g/mol. The van der Waals surface area contributed by atoms with Gasteiger partial charge < -0.3 is 15.4 Å². The van der Waals surface area contributed by atoms with Gasteiger partial charge in [-0.05, 0) is 55.5 Å². The Morgan fingerprint density at radius 1 is 1.36 bits per heavy atom. The fraction of sp³-hybridized carbons (Fsp3) is 0.579. The predicted octanol–water partition coefficient (Wildman–Crippen LogP) is 2.81. The quantitative estimate of drug-likeness (QED) is 0.577. The number of carbonyl (C=O) groups is 2. The molecule has 1 aromatic carbocycles. The molecule has 0 aromatic heterocycles. The van der Waals surface area contributed by atoms with Crippen molar-refractivity contribution in [2.24, 2.45) is 11.3 Å². The molecule has 0 bridgehead atoms. The van der Waals surface area contributed by atoms with Crippen LogP contribution >= 0.6 is 11.8 Å². The van der Waals surface area contributed by atoms with Crippen molar-refractivity contribution < 1.29 is 14.3 Å². The lowest BCUT2D eigenvalue weighted by molar-refractivity contribution is -0.140. The lowest BCUT2D eigenvalue weighted by Crippen LogP contribution is -2.31. The number of thioether (sulfide) groups is 1. The van der Waals surface area contributed by atoms with Crippen molar-refractivity contribution in [3.05, 3.63) is 29.8 Å². The van der Waals surface area contributed by atoms with Crippen molar-refractivity contribution in [2.75, 3.05) is 31.3 Å². The minimum Gasteiger partial charge on any atom is -0.469 e. The van der Waals surface area contributed by atoms with Gasteiger partial charge in [0.25, 0.3) is 0 Å². The van der Waals surface area contributed by atoms with Gasteiger partial charge in [0.15, 0.2) is 0 Å². The predicted molar refractivity (Wildman–Crippen MR) is 101 cm³/mol. The number of hydrogen-bond acceptors (Lipinski definition) is 5. The van der Waals surface area contributed by atoms with Crippen LogP contribution in [-0.4, -0.2) is 37.8 Å². The minimum absolute atomic E-state index is 0.164. The molecule has 1 saturated heterocycles. The van der Waals surface area contributed by atoms with E-state index in [0.717, 1.165) is 55.1 Å². The Labute approximate surface area is 153 Å². The van der Waals surface area contributed by atoms with Crippen molar-refractivity contribution in [3.63, 3.8) is 0 Å². The molecule has 1 heterocycles. The normalized spacial score (nSPS) is 20.9. The molecule has 2 aliphatic rings. The molecule has 1 amide bonds. The maximum absolute atomic E-state index is 12.5. The summed E-state index contributed by atoms with van der Waals surface area (Å²) in [5, 5.41) is 6.46. The van der Waals surface area contributed by atoms with Gasteiger partial charge in [0, 0.05) is 23.1 Å².